The molecule has 0 bridgehead atoms. The van der Waals surface area contributed by atoms with Gasteiger partial charge in [-0.3, -0.25) is 63.5 Å². The summed E-state index contributed by atoms with van der Waals surface area (Å²) in [4.78, 5) is 90.5. The van der Waals surface area contributed by atoms with E-state index in [0.717, 1.165) is 161 Å². The number of anilines is 3. The highest BCUT2D eigenvalue weighted by Crippen LogP contribution is 2.46. The highest BCUT2D eigenvalue weighted by molar-refractivity contribution is 5.99. The monoisotopic (exact) mass is 1620 g/mol. The number of alkyl halides is 1. The lowest BCUT2D eigenvalue weighted by Crippen LogP contribution is -2.65. The summed E-state index contributed by atoms with van der Waals surface area (Å²) < 4.78 is 53.9. The van der Waals surface area contributed by atoms with Gasteiger partial charge in [-0.1, -0.05) is 93.0 Å². The van der Waals surface area contributed by atoms with Gasteiger partial charge in [-0.25, -0.2) is 13.2 Å². The van der Waals surface area contributed by atoms with Gasteiger partial charge in [0, 0.05) is 223 Å². The van der Waals surface area contributed by atoms with Crippen molar-refractivity contribution < 1.29 is 41.8 Å². The van der Waals surface area contributed by atoms with Crippen LogP contribution in [0, 0.1) is 11.6 Å². The minimum absolute atomic E-state index is 0.0416. The van der Waals surface area contributed by atoms with Crippen LogP contribution in [0.1, 0.15) is 208 Å². The molecule has 642 valence electrons. The highest BCUT2D eigenvalue weighted by Gasteiger charge is 2.47. The normalized spacial score (nSPS) is 28.6. The Hall–Kier alpha value is -6.88. The van der Waals surface area contributed by atoms with E-state index < -0.39 is 5.67 Å². The maximum Gasteiger partial charge on any atom is 0.241 e. The summed E-state index contributed by atoms with van der Waals surface area (Å²) in [5, 5.41) is 10.9. The topological polar surface area (TPSA) is 194 Å². The fraction of sp³-hybridized carbons (Fsp3) is 0.663. The Morgan fingerprint density at radius 3 is 1.20 bits per heavy atom. The van der Waals surface area contributed by atoms with Gasteiger partial charge in [0.1, 0.15) is 17.3 Å². The molecule has 4 amide bonds. The van der Waals surface area contributed by atoms with Crippen LogP contribution in [0.4, 0.5) is 30.2 Å². The summed E-state index contributed by atoms with van der Waals surface area (Å²) in [6, 6.07) is 22.9. The molecule has 0 radical (unpaired) electrons. The Kier molecular flexibility index (Phi) is 28.4. The SMILES string of the molecule is CCCC(C)(F)c1cc2c(cn1)C(C)(C)CN2C(=O)CN1C[C@@H](C)NC[C@@H]1CN1[C@H](C)CN(C(C)=O)C[C@@H]1C.C[C@@H](c1ccc(F)cc1)c1cnc2c(c1)N(C(=O)CN1C[C@@H](C)NC[C@@H]1CN1[C@H](C)COC[C@H]1C)CC2(C)C.C[C@H](c1ccc(F)cc1)c1cnc2c(c1)N(C(=O)CN1C[C@@H](C)NC[C@@H]1CN1[C@H](C)COC[C@H]1C)CC2(C)C. The molecule has 6 saturated heterocycles. The van der Waals surface area contributed by atoms with E-state index in [4.69, 9.17) is 19.4 Å². The first-order valence-electron chi connectivity index (χ1n) is 43.5. The number of benzene rings is 2. The van der Waals surface area contributed by atoms with E-state index in [1.807, 2.05) is 69.2 Å². The number of fused-ring (bicyclic) bond motifs is 3. The predicted octanol–water partition coefficient (Wildman–Crippen LogP) is 10.8. The number of aromatic nitrogens is 3. The number of ether oxygens (including phenoxy) is 2. The number of nitrogens with zero attached hydrogens (tertiary/aromatic N) is 13. The number of carbonyl (C=O) groups is 4. The summed E-state index contributed by atoms with van der Waals surface area (Å²) in [6.45, 7) is 57.2. The van der Waals surface area contributed by atoms with Crippen molar-refractivity contribution in [3.63, 3.8) is 0 Å². The maximum atomic E-state index is 15.4. The summed E-state index contributed by atoms with van der Waals surface area (Å²) in [5.41, 5.74) is 7.84. The molecule has 9 aliphatic heterocycles. The van der Waals surface area contributed by atoms with Gasteiger partial charge in [0.2, 0.25) is 23.6 Å². The third kappa shape index (κ3) is 20.7. The van der Waals surface area contributed by atoms with E-state index in [9.17, 15) is 28.0 Å². The number of amides is 4. The molecule has 0 aliphatic carbocycles. The molecular formula is C92H137F3N16O6. The lowest BCUT2D eigenvalue weighted by Gasteiger charge is -2.48. The van der Waals surface area contributed by atoms with Crippen LogP contribution in [0.2, 0.25) is 0 Å². The molecule has 14 rings (SSSR count). The Bertz CT molecular complexity index is 4030. The zero-order valence-corrected chi connectivity index (χ0v) is 73.8. The Balaban J connectivity index is 0.000000162. The van der Waals surface area contributed by atoms with Crippen LogP contribution in [0.5, 0.6) is 0 Å². The maximum absolute atomic E-state index is 15.4. The minimum atomic E-state index is -1.52. The van der Waals surface area contributed by atoms with Crippen molar-refractivity contribution in [3.8, 4) is 0 Å². The first-order chi connectivity index (χ1) is 55.3. The van der Waals surface area contributed by atoms with Crippen molar-refractivity contribution >= 4 is 40.7 Å². The molecule has 9 aliphatic rings. The first-order valence-corrected chi connectivity index (χ1v) is 43.5. The largest absolute Gasteiger partial charge is 0.378 e. The Labute approximate surface area is 696 Å². The van der Waals surface area contributed by atoms with E-state index >= 15 is 4.39 Å². The number of hydrogen-bond donors (Lipinski definition) is 3. The van der Waals surface area contributed by atoms with Gasteiger partial charge in [-0.05, 0) is 140 Å². The van der Waals surface area contributed by atoms with Crippen molar-refractivity contribution in [1.82, 2.24) is 65.2 Å². The molecule has 5 aromatic rings. The Morgan fingerprint density at radius 1 is 0.487 bits per heavy atom. The molecule has 15 atom stereocenters. The lowest BCUT2D eigenvalue weighted by atomic mass is 9.87. The van der Waals surface area contributed by atoms with E-state index in [1.165, 1.54) is 24.3 Å². The van der Waals surface area contributed by atoms with Crippen LogP contribution in [0.25, 0.3) is 0 Å². The second kappa shape index (κ2) is 37.2. The molecule has 3 N–H and O–H groups in total. The summed E-state index contributed by atoms with van der Waals surface area (Å²) >= 11 is 0. The average molecular weight is 1620 g/mol. The number of carbonyl (C=O) groups excluding carboxylic acids is 4. The number of piperazine rings is 4. The van der Waals surface area contributed by atoms with Gasteiger partial charge in [-0.2, -0.15) is 0 Å². The number of nitrogens with one attached hydrogen (secondary N) is 3. The first kappa shape index (κ1) is 89.4. The third-order valence-electron chi connectivity index (χ3n) is 26.8. The van der Waals surface area contributed by atoms with Gasteiger partial charge in [0.05, 0.1) is 80.2 Å². The van der Waals surface area contributed by atoms with E-state index in [2.05, 4.69) is 180 Å². The zero-order valence-electron chi connectivity index (χ0n) is 73.8. The molecule has 3 aromatic heterocycles. The Morgan fingerprint density at radius 2 is 0.838 bits per heavy atom. The molecule has 117 heavy (non-hydrogen) atoms. The number of pyridine rings is 3. The van der Waals surface area contributed by atoms with Crippen LogP contribution in [-0.4, -0.2) is 283 Å². The molecule has 2 aromatic carbocycles. The van der Waals surface area contributed by atoms with Gasteiger partial charge in [-0.15, -0.1) is 0 Å². The molecule has 1 unspecified atom stereocenters. The summed E-state index contributed by atoms with van der Waals surface area (Å²) in [6.07, 6.45) is 6.74. The van der Waals surface area contributed by atoms with E-state index in [-0.39, 0.29) is 99.6 Å². The number of rotatable bonds is 19. The molecule has 12 heterocycles. The minimum Gasteiger partial charge on any atom is -0.378 e. The molecular weight excluding hydrogens is 1480 g/mol. The van der Waals surface area contributed by atoms with E-state index in [0.29, 0.717) is 87.6 Å². The van der Waals surface area contributed by atoms with Crippen LogP contribution in [0.15, 0.2) is 85.3 Å². The summed E-state index contributed by atoms with van der Waals surface area (Å²) in [7, 11) is 0. The number of morpholine rings is 2. The van der Waals surface area contributed by atoms with Gasteiger partial charge in [0.15, 0.2) is 0 Å². The standard InChI is InChI=1S/2C31H44FN5O2.C30H49FN6O2/c2*1-20-14-35(27(13-33-20)15-36-21(2)17-39-18-22(36)3)16-29(38)37-19-31(5,6)30-28(37)11-25(12-34-30)23(4)24-7-9-26(32)10-8-24;1-9-10-30(8,31)27-11-26-25(13-33-27)29(6,7)19-37(26)28(39)18-35-14-20(2)32-12-24(35)17-36-21(3)15-34(23(5)38)16-22(36)4/h2*7-12,20-23,27,33H,13-19H2,1-6H3;11,13,20-22,24,32H,9-10,12,14-19H2,1-8H3/t20-,21-,22-,23+,27-;20-,21-,22-,23-,27-;20-,21-,22+,24-,30?/m111/s1. The van der Waals surface area contributed by atoms with Gasteiger partial charge < -0.3 is 45.0 Å². The van der Waals surface area contributed by atoms with Crippen LogP contribution >= 0.6 is 0 Å². The van der Waals surface area contributed by atoms with Crippen molar-refractivity contribution in [2.24, 2.45) is 0 Å². The fourth-order valence-electron chi connectivity index (χ4n) is 19.7. The van der Waals surface area contributed by atoms with Crippen LogP contribution in [-0.2, 0) is 50.6 Å². The van der Waals surface area contributed by atoms with E-state index in [1.54, 1.807) is 20.0 Å². The fourth-order valence-corrected chi connectivity index (χ4v) is 19.7. The third-order valence-corrected chi connectivity index (χ3v) is 26.8. The zero-order chi connectivity index (χ0) is 84.5. The quantitative estimate of drug-likeness (QED) is 0.0706. The molecule has 6 fully saturated rings. The van der Waals surface area contributed by atoms with Crippen molar-refractivity contribution in [1.29, 1.82) is 0 Å². The molecule has 25 heteroatoms. The summed E-state index contributed by atoms with van der Waals surface area (Å²) in [5.74, 6) is 0.0271. The lowest BCUT2D eigenvalue weighted by molar-refractivity contribution is -0.133. The van der Waals surface area contributed by atoms with Crippen molar-refractivity contribution in [2.75, 3.05) is 152 Å². The van der Waals surface area contributed by atoms with Crippen LogP contribution in [0.3, 0.4) is 0 Å². The number of hydrogen-bond acceptors (Lipinski definition) is 18. The second-order valence-electron chi connectivity index (χ2n) is 38.3. The highest BCUT2D eigenvalue weighted by atomic mass is 19.1. The molecule has 22 nitrogen and oxygen atoms in total. The van der Waals surface area contributed by atoms with Gasteiger partial charge >= 0.3 is 0 Å². The average Bonchev–Trinajstić information content (AvgIpc) is 1.62. The van der Waals surface area contributed by atoms with Gasteiger partial charge in [0.25, 0.3) is 0 Å². The van der Waals surface area contributed by atoms with Crippen molar-refractivity contribution in [2.45, 2.75) is 258 Å². The smallest absolute Gasteiger partial charge is 0.241 e. The number of halogens is 3. The second-order valence-corrected chi connectivity index (χ2v) is 38.3. The molecule has 0 spiro atoms. The predicted molar refractivity (Wildman–Crippen MR) is 459 cm³/mol. The van der Waals surface area contributed by atoms with Crippen molar-refractivity contribution in [3.05, 3.63) is 142 Å². The molecule has 0 saturated carbocycles. The van der Waals surface area contributed by atoms with Crippen LogP contribution < -0.4 is 30.7 Å².